The van der Waals surface area contributed by atoms with Gasteiger partial charge in [-0.05, 0) is 42.0 Å². The van der Waals surface area contributed by atoms with Crippen LogP contribution in [0.4, 0.5) is 0 Å². The molecule has 2 N–H and O–H groups in total. The van der Waals surface area contributed by atoms with Crippen LogP contribution in [0.2, 0.25) is 0 Å². The van der Waals surface area contributed by atoms with E-state index in [0.29, 0.717) is 0 Å². The Hall–Kier alpha value is -1.72. The summed E-state index contributed by atoms with van der Waals surface area (Å²) in [5.41, 5.74) is 9.62. The number of aryl methyl sites for hydroxylation is 2. The molecule has 98 valence electrons. The zero-order valence-electron chi connectivity index (χ0n) is 10.8. The molecule has 0 spiro atoms. The minimum Gasteiger partial charge on any atom is -0.324 e. The Kier molecular flexibility index (Phi) is 3.31. The van der Waals surface area contributed by atoms with Crippen LogP contribution >= 0.6 is 11.3 Å². The van der Waals surface area contributed by atoms with Crippen LogP contribution in [-0.4, -0.2) is 14.8 Å². The largest absolute Gasteiger partial charge is 0.324 e. The van der Waals surface area contributed by atoms with Gasteiger partial charge in [0.05, 0.1) is 10.2 Å². The van der Waals surface area contributed by atoms with E-state index in [9.17, 15) is 0 Å². The zero-order chi connectivity index (χ0) is 13.2. The number of thiophene rings is 1. The molecule has 0 bridgehead atoms. The molecule has 1 unspecified atom stereocenters. The Morgan fingerprint density at radius 3 is 3.11 bits per heavy atom. The van der Waals surface area contributed by atoms with Crippen molar-refractivity contribution in [3.05, 3.63) is 47.2 Å². The second-order valence-electron chi connectivity index (χ2n) is 4.66. The Bertz CT molecular complexity index is 685. The molecule has 0 amide bonds. The van der Waals surface area contributed by atoms with Crippen LogP contribution in [0.5, 0.6) is 0 Å². The first-order valence-electron chi connectivity index (χ1n) is 6.29. The molecule has 1 atom stereocenters. The van der Waals surface area contributed by atoms with E-state index in [4.69, 9.17) is 5.73 Å². The molecule has 3 rings (SSSR count). The van der Waals surface area contributed by atoms with Gasteiger partial charge in [-0.2, -0.15) is 5.10 Å². The number of aromatic nitrogens is 3. The van der Waals surface area contributed by atoms with Crippen molar-refractivity contribution < 1.29 is 0 Å². The minimum atomic E-state index is 0.0221. The fraction of sp³-hybridized carbons (Fsp3) is 0.286. The van der Waals surface area contributed by atoms with Crippen molar-refractivity contribution in [3.8, 4) is 0 Å². The molecule has 0 fully saturated rings. The molecule has 3 heterocycles. The fourth-order valence-corrected chi connectivity index (χ4v) is 2.97. The predicted molar refractivity (Wildman–Crippen MR) is 78.1 cm³/mol. The van der Waals surface area contributed by atoms with E-state index in [0.717, 1.165) is 23.9 Å². The van der Waals surface area contributed by atoms with Crippen molar-refractivity contribution in [1.82, 2.24) is 14.8 Å². The molecule has 0 saturated carbocycles. The maximum atomic E-state index is 6.26. The van der Waals surface area contributed by atoms with Gasteiger partial charge in [0, 0.05) is 31.2 Å². The first kappa shape index (κ1) is 12.3. The number of fused-ring (bicyclic) bond motifs is 1. The third kappa shape index (κ3) is 2.52. The van der Waals surface area contributed by atoms with E-state index < -0.39 is 0 Å². The van der Waals surface area contributed by atoms with Gasteiger partial charge in [0.1, 0.15) is 0 Å². The quantitative estimate of drug-likeness (QED) is 0.794. The van der Waals surface area contributed by atoms with E-state index in [1.807, 2.05) is 36.3 Å². The monoisotopic (exact) mass is 272 g/mol. The molecular weight excluding hydrogens is 256 g/mol. The summed E-state index contributed by atoms with van der Waals surface area (Å²) in [6.07, 6.45) is 5.54. The third-order valence-corrected chi connectivity index (χ3v) is 4.24. The van der Waals surface area contributed by atoms with E-state index in [1.165, 1.54) is 10.4 Å². The normalized spacial score (nSPS) is 12.9. The molecule has 0 aliphatic heterocycles. The standard InChI is InChI=1S/C14H16N4S/c1-18-11(4-6-17-18)2-3-12(15)10-8-14-13(16-9-10)5-7-19-14/h4-9,12H,2-3,15H2,1H3. The average Bonchev–Trinajstić information content (AvgIpc) is 3.03. The Morgan fingerprint density at radius 1 is 1.42 bits per heavy atom. The molecule has 19 heavy (non-hydrogen) atoms. The Labute approximate surface area is 115 Å². The van der Waals surface area contributed by atoms with Crippen LogP contribution in [0, 0.1) is 0 Å². The lowest BCUT2D eigenvalue weighted by atomic mass is 10.0. The topological polar surface area (TPSA) is 56.7 Å². The summed E-state index contributed by atoms with van der Waals surface area (Å²) in [6.45, 7) is 0. The van der Waals surface area contributed by atoms with Crippen LogP contribution in [0.3, 0.4) is 0 Å². The van der Waals surface area contributed by atoms with Gasteiger partial charge < -0.3 is 5.73 Å². The second kappa shape index (κ2) is 5.11. The summed E-state index contributed by atoms with van der Waals surface area (Å²) < 4.78 is 3.10. The van der Waals surface area contributed by atoms with Gasteiger partial charge in [0.2, 0.25) is 0 Å². The Balaban J connectivity index is 1.72. The minimum absolute atomic E-state index is 0.0221. The molecule has 0 aliphatic rings. The summed E-state index contributed by atoms with van der Waals surface area (Å²) in [5.74, 6) is 0. The zero-order valence-corrected chi connectivity index (χ0v) is 11.6. The van der Waals surface area contributed by atoms with Crippen molar-refractivity contribution in [2.24, 2.45) is 12.8 Å². The third-order valence-electron chi connectivity index (χ3n) is 3.39. The molecule has 3 aromatic rings. The average molecular weight is 272 g/mol. The van der Waals surface area contributed by atoms with Gasteiger partial charge in [0.15, 0.2) is 0 Å². The molecule has 3 aromatic heterocycles. The van der Waals surface area contributed by atoms with Crippen molar-refractivity contribution in [2.75, 3.05) is 0 Å². The van der Waals surface area contributed by atoms with Crippen molar-refractivity contribution >= 4 is 21.6 Å². The van der Waals surface area contributed by atoms with E-state index in [1.54, 1.807) is 11.3 Å². The highest BCUT2D eigenvalue weighted by molar-refractivity contribution is 7.17. The first-order chi connectivity index (χ1) is 9.24. The molecule has 5 heteroatoms. The molecule has 4 nitrogen and oxygen atoms in total. The SMILES string of the molecule is Cn1nccc1CCC(N)c1cnc2ccsc2c1. The lowest BCUT2D eigenvalue weighted by Crippen LogP contribution is -2.12. The van der Waals surface area contributed by atoms with Crippen molar-refractivity contribution in [1.29, 1.82) is 0 Å². The van der Waals surface area contributed by atoms with Crippen molar-refractivity contribution in [3.63, 3.8) is 0 Å². The molecular formula is C14H16N4S. The van der Waals surface area contributed by atoms with Crippen LogP contribution in [-0.2, 0) is 13.5 Å². The first-order valence-corrected chi connectivity index (χ1v) is 7.17. The van der Waals surface area contributed by atoms with Gasteiger partial charge in [-0.1, -0.05) is 0 Å². The lowest BCUT2D eigenvalue weighted by Gasteiger charge is -2.11. The van der Waals surface area contributed by atoms with E-state index in [-0.39, 0.29) is 6.04 Å². The Morgan fingerprint density at radius 2 is 2.32 bits per heavy atom. The fourth-order valence-electron chi connectivity index (χ4n) is 2.18. The molecule has 0 saturated heterocycles. The van der Waals surface area contributed by atoms with Gasteiger partial charge in [-0.25, -0.2) is 0 Å². The van der Waals surface area contributed by atoms with Crippen LogP contribution in [0.25, 0.3) is 10.2 Å². The van der Waals surface area contributed by atoms with Crippen LogP contribution < -0.4 is 5.73 Å². The lowest BCUT2D eigenvalue weighted by molar-refractivity contribution is 0.613. The highest BCUT2D eigenvalue weighted by Gasteiger charge is 2.09. The van der Waals surface area contributed by atoms with Gasteiger partial charge in [-0.15, -0.1) is 11.3 Å². The maximum Gasteiger partial charge on any atom is 0.0809 e. The van der Waals surface area contributed by atoms with E-state index >= 15 is 0 Å². The van der Waals surface area contributed by atoms with Gasteiger partial charge >= 0.3 is 0 Å². The highest BCUT2D eigenvalue weighted by Crippen LogP contribution is 2.23. The summed E-state index contributed by atoms with van der Waals surface area (Å²) in [5, 5.41) is 6.22. The van der Waals surface area contributed by atoms with E-state index in [2.05, 4.69) is 21.5 Å². The number of pyridine rings is 1. The summed E-state index contributed by atoms with van der Waals surface area (Å²) in [7, 11) is 1.96. The number of nitrogens with two attached hydrogens (primary N) is 1. The summed E-state index contributed by atoms with van der Waals surface area (Å²) >= 11 is 1.71. The number of rotatable bonds is 4. The summed E-state index contributed by atoms with van der Waals surface area (Å²) in [6, 6.07) is 6.24. The summed E-state index contributed by atoms with van der Waals surface area (Å²) in [4.78, 5) is 4.44. The number of nitrogens with zero attached hydrogens (tertiary/aromatic N) is 3. The molecule has 0 aliphatic carbocycles. The van der Waals surface area contributed by atoms with Crippen LogP contribution in [0.1, 0.15) is 23.7 Å². The predicted octanol–water partition coefficient (Wildman–Crippen LogP) is 2.66. The second-order valence-corrected chi connectivity index (χ2v) is 5.61. The highest BCUT2D eigenvalue weighted by atomic mass is 32.1. The van der Waals surface area contributed by atoms with Crippen molar-refractivity contribution in [2.45, 2.75) is 18.9 Å². The van der Waals surface area contributed by atoms with Crippen LogP contribution in [0.15, 0.2) is 36.0 Å². The number of hydrogen-bond acceptors (Lipinski definition) is 4. The van der Waals surface area contributed by atoms with Gasteiger partial charge in [0.25, 0.3) is 0 Å². The maximum absolute atomic E-state index is 6.26. The van der Waals surface area contributed by atoms with Gasteiger partial charge in [-0.3, -0.25) is 9.67 Å². The molecule has 0 aromatic carbocycles. The number of hydrogen-bond donors (Lipinski definition) is 1. The molecule has 0 radical (unpaired) electrons. The smallest absolute Gasteiger partial charge is 0.0809 e.